The molecule has 23 heavy (non-hydrogen) atoms. The lowest BCUT2D eigenvalue weighted by Gasteiger charge is -2.23. The molecule has 2 aromatic rings. The molecule has 1 amide bonds. The summed E-state index contributed by atoms with van der Waals surface area (Å²) >= 11 is 0. The Morgan fingerprint density at radius 3 is 2.61 bits per heavy atom. The van der Waals surface area contributed by atoms with Crippen LogP contribution in [-0.2, 0) is 4.79 Å². The van der Waals surface area contributed by atoms with Crippen molar-refractivity contribution in [1.82, 2.24) is 10.6 Å². The second-order valence-corrected chi connectivity index (χ2v) is 6.55. The molecule has 4 heteroatoms. The fourth-order valence-corrected chi connectivity index (χ4v) is 3.68. The number of benzene rings is 2. The standard InChI is InChI=1S/C19H22N2O.ClH/c22-19(21-14-8-10-20-11-9-14)18-12-17(18)16-7-3-5-13-4-1-2-6-15(13)16;/h1-7,14,17-18,20H,8-12H2,(H,21,22);1H. The summed E-state index contributed by atoms with van der Waals surface area (Å²) in [5.41, 5.74) is 1.34. The predicted octanol–water partition coefficient (Wildman–Crippen LogP) is 3.23. The lowest BCUT2D eigenvalue weighted by atomic mass is 10.00. The Hall–Kier alpha value is -1.58. The third kappa shape index (κ3) is 3.36. The van der Waals surface area contributed by atoms with E-state index in [4.69, 9.17) is 0 Å². The number of hydrogen-bond acceptors (Lipinski definition) is 2. The maximum atomic E-state index is 12.5. The van der Waals surface area contributed by atoms with Crippen LogP contribution in [0.1, 0.15) is 30.7 Å². The van der Waals surface area contributed by atoms with Crippen LogP contribution in [0.5, 0.6) is 0 Å². The molecule has 1 saturated heterocycles. The minimum atomic E-state index is 0. The van der Waals surface area contributed by atoms with Crippen molar-refractivity contribution in [2.24, 2.45) is 5.92 Å². The minimum absolute atomic E-state index is 0. The Morgan fingerprint density at radius 2 is 1.78 bits per heavy atom. The zero-order chi connectivity index (χ0) is 14.9. The van der Waals surface area contributed by atoms with Gasteiger partial charge in [0.05, 0.1) is 0 Å². The quantitative estimate of drug-likeness (QED) is 0.907. The van der Waals surface area contributed by atoms with Crippen molar-refractivity contribution in [3.8, 4) is 0 Å². The van der Waals surface area contributed by atoms with E-state index in [1.807, 2.05) is 0 Å². The molecule has 2 aromatic carbocycles. The molecule has 1 saturated carbocycles. The Kier molecular flexibility index (Phi) is 4.88. The van der Waals surface area contributed by atoms with Gasteiger partial charge < -0.3 is 10.6 Å². The molecule has 2 unspecified atom stereocenters. The monoisotopic (exact) mass is 330 g/mol. The van der Waals surface area contributed by atoms with Crippen LogP contribution < -0.4 is 10.6 Å². The SMILES string of the molecule is Cl.O=C(NC1CCNCC1)C1CC1c1cccc2ccccc12. The van der Waals surface area contributed by atoms with Crippen LogP contribution in [0.2, 0.25) is 0 Å². The van der Waals surface area contributed by atoms with Gasteiger partial charge in [0.2, 0.25) is 5.91 Å². The zero-order valence-corrected chi connectivity index (χ0v) is 13.9. The lowest BCUT2D eigenvalue weighted by molar-refractivity contribution is -0.123. The molecule has 2 N–H and O–H groups in total. The van der Waals surface area contributed by atoms with Gasteiger partial charge >= 0.3 is 0 Å². The maximum absolute atomic E-state index is 12.5. The topological polar surface area (TPSA) is 41.1 Å². The average Bonchev–Trinajstić information content (AvgIpc) is 3.36. The second kappa shape index (κ2) is 6.90. The maximum Gasteiger partial charge on any atom is 0.223 e. The number of halogens is 1. The summed E-state index contributed by atoms with van der Waals surface area (Å²) in [4.78, 5) is 12.5. The van der Waals surface area contributed by atoms with Gasteiger partial charge in [0.25, 0.3) is 0 Å². The highest BCUT2D eigenvalue weighted by Gasteiger charge is 2.44. The van der Waals surface area contributed by atoms with E-state index in [1.54, 1.807) is 0 Å². The van der Waals surface area contributed by atoms with E-state index >= 15 is 0 Å². The number of hydrogen-bond donors (Lipinski definition) is 2. The molecular formula is C19H23ClN2O. The summed E-state index contributed by atoms with van der Waals surface area (Å²) in [5.74, 6) is 0.818. The van der Waals surface area contributed by atoms with Gasteiger partial charge in [0.1, 0.15) is 0 Å². The third-order valence-corrected chi connectivity index (χ3v) is 5.04. The Labute approximate surface area is 143 Å². The first kappa shape index (κ1) is 16.3. The Morgan fingerprint density at radius 1 is 1.04 bits per heavy atom. The molecule has 3 nitrogen and oxygen atoms in total. The van der Waals surface area contributed by atoms with Crippen molar-refractivity contribution in [1.29, 1.82) is 0 Å². The highest BCUT2D eigenvalue weighted by Crippen LogP contribution is 2.49. The van der Waals surface area contributed by atoms with E-state index in [0.29, 0.717) is 12.0 Å². The first-order chi connectivity index (χ1) is 10.8. The number of rotatable bonds is 3. The van der Waals surface area contributed by atoms with Gasteiger partial charge in [-0.2, -0.15) is 0 Å². The predicted molar refractivity (Wildman–Crippen MR) is 96.1 cm³/mol. The van der Waals surface area contributed by atoms with Crippen LogP contribution in [0.15, 0.2) is 42.5 Å². The Balaban J connectivity index is 0.00000156. The molecule has 0 bridgehead atoms. The molecule has 0 aromatic heterocycles. The fourth-order valence-electron chi connectivity index (χ4n) is 3.68. The van der Waals surface area contributed by atoms with Gasteiger partial charge in [-0.3, -0.25) is 4.79 Å². The summed E-state index contributed by atoms with van der Waals surface area (Å²) in [6.45, 7) is 2.03. The summed E-state index contributed by atoms with van der Waals surface area (Å²) in [6.07, 6.45) is 3.10. The molecule has 1 aliphatic carbocycles. The molecule has 1 heterocycles. The van der Waals surface area contributed by atoms with Crippen molar-refractivity contribution in [2.45, 2.75) is 31.2 Å². The van der Waals surface area contributed by atoms with Crippen LogP contribution in [0.25, 0.3) is 10.8 Å². The largest absolute Gasteiger partial charge is 0.353 e. The summed E-state index contributed by atoms with van der Waals surface area (Å²) < 4.78 is 0. The van der Waals surface area contributed by atoms with Crippen molar-refractivity contribution >= 4 is 29.1 Å². The van der Waals surface area contributed by atoms with Crippen molar-refractivity contribution in [3.63, 3.8) is 0 Å². The van der Waals surface area contributed by atoms with E-state index in [2.05, 4.69) is 53.1 Å². The third-order valence-electron chi connectivity index (χ3n) is 5.04. The van der Waals surface area contributed by atoms with Gasteiger partial charge in [0.15, 0.2) is 0 Å². The normalized spacial score (nSPS) is 24.0. The number of fused-ring (bicyclic) bond motifs is 1. The number of piperidine rings is 1. The van der Waals surface area contributed by atoms with Gasteiger partial charge in [-0.15, -0.1) is 12.4 Å². The van der Waals surface area contributed by atoms with Gasteiger partial charge in [-0.1, -0.05) is 42.5 Å². The highest BCUT2D eigenvalue weighted by molar-refractivity contribution is 5.89. The zero-order valence-electron chi connectivity index (χ0n) is 13.1. The van der Waals surface area contributed by atoms with E-state index in [0.717, 1.165) is 32.4 Å². The number of nitrogens with one attached hydrogen (secondary N) is 2. The lowest BCUT2D eigenvalue weighted by Crippen LogP contribution is -2.43. The average molecular weight is 331 g/mol. The molecule has 2 atom stereocenters. The van der Waals surface area contributed by atoms with Crippen LogP contribution in [0.4, 0.5) is 0 Å². The second-order valence-electron chi connectivity index (χ2n) is 6.55. The van der Waals surface area contributed by atoms with Crippen LogP contribution in [0.3, 0.4) is 0 Å². The smallest absolute Gasteiger partial charge is 0.223 e. The summed E-state index contributed by atoms with van der Waals surface area (Å²) in [7, 11) is 0. The molecule has 2 aliphatic rings. The first-order valence-corrected chi connectivity index (χ1v) is 8.31. The molecule has 1 aliphatic heterocycles. The first-order valence-electron chi connectivity index (χ1n) is 8.31. The Bertz CT molecular complexity index is 691. The van der Waals surface area contributed by atoms with Crippen molar-refractivity contribution < 1.29 is 4.79 Å². The van der Waals surface area contributed by atoms with E-state index in [9.17, 15) is 4.79 Å². The van der Waals surface area contributed by atoms with Crippen molar-refractivity contribution in [2.75, 3.05) is 13.1 Å². The van der Waals surface area contributed by atoms with Crippen LogP contribution >= 0.6 is 12.4 Å². The van der Waals surface area contributed by atoms with Gasteiger partial charge in [-0.25, -0.2) is 0 Å². The van der Waals surface area contributed by atoms with E-state index in [1.165, 1.54) is 16.3 Å². The number of carbonyl (C=O) groups is 1. The van der Waals surface area contributed by atoms with Gasteiger partial charge in [0, 0.05) is 12.0 Å². The number of carbonyl (C=O) groups excluding carboxylic acids is 1. The van der Waals surface area contributed by atoms with Crippen molar-refractivity contribution in [3.05, 3.63) is 48.0 Å². The highest BCUT2D eigenvalue weighted by atomic mass is 35.5. The van der Waals surface area contributed by atoms with E-state index in [-0.39, 0.29) is 24.2 Å². The molecule has 0 spiro atoms. The molecule has 0 radical (unpaired) electrons. The van der Waals surface area contributed by atoms with Crippen LogP contribution in [-0.4, -0.2) is 25.0 Å². The fraction of sp³-hybridized carbons (Fsp3) is 0.421. The molecular weight excluding hydrogens is 308 g/mol. The molecule has 2 fully saturated rings. The minimum Gasteiger partial charge on any atom is -0.353 e. The number of amides is 1. The van der Waals surface area contributed by atoms with E-state index < -0.39 is 0 Å². The molecule has 122 valence electrons. The van der Waals surface area contributed by atoms with Crippen LogP contribution in [0, 0.1) is 5.92 Å². The van der Waals surface area contributed by atoms with Gasteiger partial charge in [-0.05, 0) is 54.6 Å². The summed E-state index contributed by atoms with van der Waals surface area (Å²) in [5, 5.41) is 9.15. The molecule has 4 rings (SSSR count). The summed E-state index contributed by atoms with van der Waals surface area (Å²) in [6, 6.07) is 15.3.